The molecule has 0 radical (unpaired) electrons. The highest BCUT2D eigenvalue weighted by atomic mass is 16.2. The molecular formula is C22H22N2O2. The number of aromatic nitrogens is 1. The molecule has 26 heavy (non-hydrogen) atoms. The summed E-state index contributed by atoms with van der Waals surface area (Å²) < 4.78 is 0. The van der Waals surface area contributed by atoms with Crippen molar-refractivity contribution in [2.75, 3.05) is 5.32 Å². The standard InChI is InChI=1S/C22H22N2O2/c1-14-20(16(3)25)15(2)23-21(14)22(26)24-19-12-8-7-11-18(19)13-17-9-5-4-6-10-17/h4-12,23H,13H2,1-3H3,(H,24,26). The van der Waals surface area contributed by atoms with Gasteiger partial charge in [-0.1, -0.05) is 48.5 Å². The Hall–Kier alpha value is -3.14. The van der Waals surface area contributed by atoms with E-state index in [1.807, 2.05) is 49.4 Å². The summed E-state index contributed by atoms with van der Waals surface area (Å²) in [7, 11) is 0. The lowest BCUT2D eigenvalue weighted by atomic mass is 10.0. The molecule has 1 amide bonds. The van der Waals surface area contributed by atoms with Gasteiger partial charge in [-0.15, -0.1) is 0 Å². The molecule has 0 saturated carbocycles. The summed E-state index contributed by atoms with van der Waals surface area (Å²) in [6.07, 6.45) is 0.735. The first-order chi connectivity index (χ1) is 12.5. The van der Waals surface area contributed by atoms with Crippen LogP contribution in [-0.2, 0) is 6.42 Å². The van der Waals surface area contributed by atoms with E-state index in [1.54, 1.807) is 6.92 Å². The van der Waals surface area contributed by atoms with Gasteiger partial charge < -0.3 is 10.3 Å². The van der Waals surface area contributed by atoms with E-state index in [9.17, 15) is 9.59 Å². The number of H-pyrrole nitrogens is 1. The van der Waals surface area contributed by atoms with E-state index < -0.39 is 0 Å². The van der Waals surface area contributed by atoms with E-state index in [2.05, 4.69) is 22.4 Å². The number of hydrogen-bond donors (Lipinski definition) is 2. The van der Waals surface area contributed by atoms with Crippen LogP contribution in [0.3, 0.4) is 0 Å². The second-order valence-corrected chi connectivity index (χ2v) is 6.45. The van der Waals surface area contributed by atoms with Crippen LogP contribution >= 0.6 is 0 Å². The van der Waals surface area contributed by atoms with Gasteiger partial charge in [-0.25, -0.2) is 0 Å². The van der Waals surface area contributed by atoms with Gasteiger partial charge in [-0.3, -0.25) is 9.59 Å². The van der Waals surface area contributed by atoms with Gasteiger partial charge in [-0.05, 0) is 49.9 Å². The topological polar surface area (TPSA) is 62.0 Å². The average molecular weight is 346 g/mol. The van der Waals surface area contributed by atoms with Gasteiger partial charge in [0.1, 0.15) is 5.69 Å². The van der Waals surface area contributed by atoms with E-state index >= 15 is 0 Å². The van der Waals surface area contributed by atoms with Crippen molar-refractivity contribution in [1.82, 2.24) is 4.98 Å². The van der Waals surface area contributed by atoms with Crippen molar-refractivity contribution in [3.8, 4) is 0 Å². The monoisotopic (exact) mass is 346 g/mol. The van der Waals surface area contributed by atoms with Crippen molar-refractivity contribution in [3.63, 3.8) is 0 Å². The highest BCUT2D eigenvalue weighted by Crippen LogP contribution is 2.22. The molecule has 0 spiro atoms. The number of para-hydroxylation sites is 1. The van der Waals surface area contributed by atoms with Crippen molar-refractivity contribution >= 4 is 17.4 Å². The predicted molar refractivity (Wildman–Crippen MR) is 104 cm³/mol. The first-order valence-corrected chi connectivity index (χ1v) is 8.60. The normalized spacial score (nSPS) is 10.6. The Bertz CT molecular complexity index is 956. The number of carbonyl (C=O) groups is 2. The number of aromatic amines is 1. The maximum absolute atomic E-state index is 12.8. The number of benzene rings is 2. The van der Waals surface area contributed by atoms with Crippen LogP contribution in [0.15, 0.2) is 54.6 Å². The number of nitrogens with one attached hydrogen (secondary N) is 2. The summed E-state index contributed by atoms with van der Waals surface area (Å²) in [6, 6.07) is 17.9. The SMILES string of the molecule is CC(=O)c1c(C)[nH]c(C(=O)Nc2ccccc2Cc2ccccc2)c1C. The number of rotatable bonds is 5. The number of hydrogen-bond acceptors (Lipinski definition) is 2. The van der Waals surface area contributed by atoms with Crippen LogP contribution in [0.1, 0.15) is 50.2 Å². The third-order valence-corrected chi connectivity index (χ3v) is 4.52. The van der Waals surface area contributed by atoms with Crippen LogP contribution in [-0.4, -0.2) is 16.7 Å². The van der Waals surface area contributed by atoms with Gasteiger partial charge in [0.25, 0.3) is 5.91 Å². The van der Waals surface area contributed by atoms with Crippen LogP contribution in [0.5, 0.6) is 0 Å². The minimum Gasteiger partial charge on any atom is -0.354 e. The first-order valence-electron chi connectivity index (χ1n) is 8.60. The second-order valence-electron chi connectivity index (χ2n) is 6.45. The molecule has 0 aliphatic heterocycles. The Morgan fingerprint density at radius 2 is 1.62 bits per heavy atom. The largest absolute Gasteiger partial charge is 0.354 e. The van der Waals surface area contributed by atoms with Crippen molar-refractivity contribution in [2.45, 2.75) is 27.2 Å². The molecule has 0 aliphatic carbocycles. The second kappa shape index (κ2) is 7.40. The van der Waals surface area contributed by atoms with E-state index in [-0.39, 0.29) is 11.7 Å². The van der Waals surface area contributed by atoms with E-state index in [0.29, 0.717) is 16.8 Å². The molecule has 2 aromatic carbocycles. The van der Waals surface area contributed by atoms with Gasteiger partial charge in [0.05, 0.1) is 0 Å². The summed E-state index contributed by atoms with van der Waals surface area (Å²) in [6.45, 7) is 5.12. The smallest absolute Gasteiger partial charge is 0.272 e. The van der Waals surface area contributed by atoms with Crippen LogP contribution < -0.4 is 5.32 Å². The van der Waals surface area contributed by atoms with Gasteiger partial charge in [-0.2, -0.15) is 0 Å². The summed E-state index contributed by atoms with van der Waals surface area (Å²) in [5.41, 5.74) is 5.43. The zero-order valence-electron chi connectivity index (χ0n) is 15.2. The molecule has 1 heterocycles. The van der Waals surface area contributed by atoms with Crippen LogP contribution in [0, 0.1) is 13.8 Å². The number of carbonyl (C=O) groups excluding carboxylic acids is 2. The summed E-state index contributed by atoms with van der Waals surface area (Å²) >= 11 is 0. The molecule has 1 aromatic heterocycles. The van der Waals surface area contributed by atoms with Gasteiger partial charge in [0.15, 0.2) is 5.78 Å². The van der Waals surface area contributed by atoms with Gasteiger partial charge >= 0.3 is 0 Å². The molecular weight excluding hydrogens is 324 g/mol. The molecule has 0 unspecified atom stereocenters. The molecule has 4 nitrogen and oxygen atoms in total. The Balaban J connectivity index is 1.87. The quantitative estimate of drug-likeness (QED) is 0.659. The van der Waals surface area contributed by atoms with Crippen LogP contribution in [0.25, 0.3) is 0 Å². The Morgan fingerprint density at radius 3 is 2.27 bits per heavy atom. The molecule has 2 N–H and O–H groups in total. The van der Waals surface area contributed by atoms with E-state index in [1.165, 1.54) is 12.5 Å². The molecule has 0 bridgehead atoms. The van der Waals surface area contributed by atoms with Gasteiger partial charge in [0, 0.05) is 16.9 Å². The van der Waals surface area contributed by atoms with Crippen LogP contribution in [0.4, 0.5) is 5.69 Å². The van der Waals surface area contributed by atoms with E-state index in [0.717, 1.165) is 23.4 Å². The maximum atomic E-state index is 12.8. The summed E-state index contributed by atoms with van der Waals surface area (Å²) in [4.78, 5) is 27.6. The Morgan fingerprint density at radius 1 is 0.962 bits per heavy atom. The van der Waals surface area contributed by atoms with Crippen LogP contribution in [0.2, 0.25) is 0 Å². The number of Topliss-reactive ketones (excluding diaryl/α,β-unsaturated/α-hetero) is 1. The first kappa shape index (κ1) is 17.7. The fraction of sp³-hybridized carbons (Fsp3) is 0.182. The minimum atomic E-state index is -0.237. The van der Waals surface area contributed by atoms with Crippen molar-refractivity contribution in [1.29, 1.82) is 0 Å². The minimum absolute atomic E-state index is 0.0419. The summed E-state index contributed by atoms with van der Waals surface area (Å²) in [5, 5.41) is 2.99. The lowest BCUT2D eigenvalue weighted by Gasteiger charge is -2.11. The third-order valence-electron chi connectivity index (χ3n) is 4.52. The molecule has 132 valence electrons. The molecule has 0 aliphatic rings. The highest BCUT2D eigenvalue weighted by molar-refractivity contribution is 6.07. The predicted octanol–water partition coefficient (Wildman–Crippen LogP) is 4.68. The van der Waals surface area contributed by atoms with Crippen molar-refractivity contribution in [2.24, 2.45) is 0 Å². The van der Waals surface area contributed by atoms with Gasteiger partial charge in [0.2, 0.25) is 0 Å². The highest BCUT2D eigenvalue weighted by Gasteiger charge is 2.20. The third kappa shape index (κ3) is 3.59. The van der Waals surface area contributed by atoms with Crippen molar-refractivity contribution in [3.05, 3.63) is 88.2 Å². The lowest BCUT2D eigenvalue weighted by molar-refractivity contribution is 0.101. The fourth-order valence-electron chi connectivity index (χ4n) is 3.30. The van der Waals surface area contributed by atoms with Crippen molar-refractivity contribution < 1.29 is 9.59 Å². The lowest BCUT2D eigenvalue weighted by Crippen LogP contribution is -2.15. The Kier molecular flexibility index (Phi) is 5.03. The molecule has 4 heteroatoms. The maximum Gasteiger partial charge on any atom is 0.272 e. The molecule has 3 rings (SSSR count). The fourth-order valence-corrected chi connectivity index (χ4v) is 3.30. The molecule has 0 fully saturated rings. The summed E-state index contributed by atoms with van der Waals surface area (Å²) in [5.74, 6) is -0.279. The zero-order valence-corrected chi connectivity index (χ0v) is 15.2. The number of aryl methyl sites for hydroxylation is 1. The molecule has 3 aromatic rings. The molecule has 0 saturated heterocycles. The molecule has 0 atom stereocenters. The zero-order chi connectivity index (χ0) is 18.7. The number of anilines is 1. The number of amides is 1. The average Bonchev–Trinajstić information content (AvgIpc) is 2.92. The number of ketones is 1. The van der Waals surface area contributed by atoms with E-state index in [4.69, 9.17) is 0 Å². The Labute approximate surface area is 153 Å².